The molecule has 9 heteroatoms. The van der Waals surface area contributed by atoms with Crippen molar-refractivity contribution in [1.29, 1.82) is 0 Å². The maximum atomic E-state index is 14.5. The fraction of sp³-hybridized carbons (Fsp3) is 0.279. The third kappa shape index (κ3) is 8.01. The molecule has 1 aliphatic heterocycles. The molecule has 0 fully saturated rings. The van der Waals surface area contributed by atoms with Gasteiger partial charge in [0.15, 0.2) is 29.2 Å². The molecule has 4 N–H and O–H groups in total. The number of phenolic OH excluding ortho intramolecular Hbond substituents is 2. The number of methoxy groups -OCH3 is 2. The number of aliphatic hydroxyl groups excluding tert-OH is 2. The van der Waals surface area contributed by atoms with Gasteiger partial charge < -0.3 is 34.9 Å². The van der Waals surface area contributed by atoms with E-state index in [4.69, 9.17) is 9.47 Å². The lowest BCUT2D eigenvalue weighted by Crippen LogP contribution is -2.41. The van der Waals surface area contributed by atoms with Crippen LogP contribution in [0.4, 0.5) is 0 Å². The van der Waals surface area contributed by atoms with Crippen LogP contribution in [0, 0.1) is 17.9 Å². The Balaban J connectivity index is 1.33. The van der Waals surface area contributed by atoms with Crippen molar-refractivity contribution in [3.63, 3.8) is 0 Å². The number of aliphatic imine (C=N–C) groups is 1. The first-order chi connectivity index (χ1) is 25.2. The molecule has 0 saturated heterocycles. The Hall–Kier alpha value is -5.51. The molecule has 0 aliphatic carbocycles. The third-order valence-corrected chi connectivity index (χ3v) is 10.2. The molecule has 0 bridgehead atoms. The molecule has 9 nitrogen and oxygen atoms in total. The minimum Gasteiger partial charge on any atom is -0.670 e. The third-order valence-electron chi connectivity index (χ3n) is 10.2. The van der Waals surface area contributed by atoms with Crippen molar-refractivity contribution in [2.45, 2.75) is 44.6 Å². The number of ether oxygens (including phenoxy) is 2. The van der Waals surface area contributed by atoms with Gasteiger partial charge in [-0.25, -0.2) is 0 Å². The zero-order valence-corrected chi connectivity index (χ0v) is 29.4. The van der Waals surface area contributed by atoms with E-state index in [9.17, 15) is 25.2 Å². The molecule has 6 rings (SSSR count). The van der Waals surface area contributed by atoms with Gasteiger partial charge in [0.1, 0.15) is 17.9 Å². The molecule has 1 aromatic heterocycles. The number of hydrogen-bond acceptors (Lipinski definition) is 8. The number of ketones is 1. The summed E-state index contributed by atoms with van der Waals surface area (Å²) >= 11 is 0. The van der Waals surface area contributed by atoms with E-state index in [1.165, 1.54) is 20.3 Å². The molecular formula is C43H44N2O7. The maximum Gasteiger partial charge on any atom is 0.176 e. The van der Waals surface area contributed by atoms with Gasteiger partial charge in [-0.1, -0.05) is 66.2 Å². The van der Waals surface area contributed by atoms with E-state index in [1.807, 2.05) is 36.4 Å². The van der Waals surface area contributed by atoms with Crippen LogP contribution in [0.5, 0.6) is 23.0 Å². The molecule has 1 aliphatic rings. The van der Waals surface area contributed by atoms with Gasteiger partial charge in [-0.3, -0.25) is 4.79 Å². The number of fused-ring (bicyclic) bond motifs is 1. The van der Waals surface area contributed by atoms with Gasteiger partial charge in [-0.05, 0) is 70.8 Å². The number of aromatic nitrogens is 1. The fourth-order valence-corrected chi connectivity index (χ4v) is 7.35. The van der Waals surface area contributed by atoms with Gasteiger partial charge in [-0.15, -0.1) is 4.99 Å². The summed E-state index contributed by atoms with van der Waals surface area (Å²) in [4.78, 5) is 22.9. The van der Waals surface area contributed by atoms with Gasteiger partial charge in [-0.2, -0.15) is 12.4 Å². The summed E-state index contributed by atoms with van der Waals surface area (Å²) in [6.45, 7) is 1.18. The van der Waals surface area contributed by atoms with Gasteiger partial charge in [0.2, 0.25) is 0 Å². The summed E-state index contributed by atoms with van der Waals surface area (Å²) in [5, 5.41) is 46.3. The lowest BCUT2D eigenvalue weighted by molar-refractivity contribution is -0.134. The summed E-state index contributed by atoms with van der Waals surface area (Å²) in [5.41, 5.74) is 3.87. The highest BCUT2D eigenvalue weighted by Gasteiger charge is 2.42. The van der Waals surface area contributed by atoms with Crippen LogP contribution in [0.1, 0.15) is 40.7 Å². The number of rotatable bonds is 17. The number of allylic oxidation sites excluding steroid dienone is 1. The molecule has 0 amide bonds. The van der Waals surface area contributed by atoms with Crippen LogP contribution in [0.2, 0.25) is 0 Å². The van der Waals surface area contributed by atoms with Crippen LogP contribution in [0.15, 0.2) is 108 Å². The Morgan fingerprint density at radius 2 is 1.71 bits per heavy atom. The number of Topliss-reactive ketones (excluding diaryl/α,β-unsaturated/α-hetero) is 1. The molecule has 0 radical (unpaired) electrons. The first-order valence-electron chi connectivity index (χ1n) is 17.4. The van der Waals surface area contributed by atoms with E-state index in [2.05, 4.69) is 34.2 Å². The average Bonchev–Trinajstić information content (AvgIpc) is 3.88. The molecule has 4 aromatic carbocycles. The van der Waals surface area contributed by atoms with Crippen molar-refractivity contribution >= 4 is 22.8 Å². The highest BCUT2D eigenvalue weighted by molar-refractivity contribution is 5.89. The SMILES string of the molecule is COc1cc(CC(CO)(CC2=C[CH+]N=C2)C(=O)CC(O)C(Cc2cc[n-]c2)Cc2ccc(O)c(OC)c2Cc2cccc3ccccc23)ccc1O. The minimum atomic E-state index is -1.29. The zero-order valence-electron chi connectivity index (χ0n) is 29.4. The molecule has 0 saturated carbocycles. The standard InChI is InChI=1S/C43H44N2O7/c1-51-40-19-28(10-12-37(40)47)23-43(27-46,24-30-15-17-45-26-30)41(50)22-39(49)34(18-29-14-16-44-25-29)20-33-11-13-38(48)42(52-2)36(33)21-32-8-5-7-31-6-3-4-9-35(31)32/h3-17,19,25-26,34,39,46-49H,18,20-24,27H2,1-2H3. The molecule has 3 atom stereocenters. The van der Waals surface area contributed by atoms with E-state index < -0.39 is 24.0 Å². The zero-order chi connectivity index (χ0) is 36.7. The van der Waals surface area contributed by atoms with Crippen molar-refractivity contribution in [1.82, 2.24) is 4.98 Å². The quantitative estimate of drug-likeness (QED) is 0.0826. The number of aromatic hydroxyl groups is 2. The predicted octanol–water partition coefficient (Wildman–Crippen LogP) is 6.32. The number of carbonyl (C=O) groups excluding carboxylic acids is 1. The lowest BCUT2D eigenvalue weighted by atomic mass is 9.71. The molecule has 3 unspecified atom stereocenters. The molecule has 52 heavy (non-hydrogen) atoms. The first-order valence-corrected chi connectivity index (χ1v) is 17.4. The maximum absolute atomic E-state index is 14.5. The Kier molecular flexibility index (Phi) is 11.3. The van der Waals surface area contributed by atoms with Gasteiger partial charge >= 0.3 is 0 Å². The Bertz CT molecular complexity index is 2060. The van der Waals surface area contributed by atoms with Gasteiger partial charge in [0, 0.05) is 24.8 Å². The fourth-order valence-electron chi connectivity index (χ4n) is 7.35. The van der Waals surface area contributed by atoms with Crippen molar-refractivity contribution in [2.24, 2.45) is 16.3 Å². The van der Waals surface area contributed by atoms with Crippen LogP contribution < -0.4 is 14.5 Å². The molecule has 2 heterocycles. The Morgan fingerprint density at radius 3 is 2.44 bits per heavy atom. The monoisotopic (exact) mass is 700 g/mol. The summed E-state index contributed by atoms with van der Waals surface area (Å²) < 4.78 is 11.1. The largest absolute Gasteiger partial charge is 0.670 e. The number of nitrogens with zero attached hydrogens (tertiary/aromatic N) is 2. The normalized spacial score (nSPS) is 14.7. The number of phenols is 2. The smallest absolute Gasteiger partial charge is 0.176 e. The highest BCUT2D eigenvalue weighted by Crippen LogP contribution is 2.39. The second kappa shape index (κ2) is 16.2. The first kappa shape index (κ1) is 36.3. The molecular weight excluding hydrogens is 656 g/mol. The highest BCUT2D eigenvalue weighted by atomic mass is 16.5. The number of carbonyl (C=O) groups is 1. The lowest BCUT2D eigenvalue weighted by Gasteiger charge is -2.32. The van der Waals surface area contributed by atoms with E-state index in [-0.39, 0.29) is 42.3 Å². The van der Waals surface area contributed by atoms with Crippen LogP contribution in [-0.4, -0.2) is 59.4 Å². The second-order valence-electron chi connectivity index (χ2n) is 13.6. The van der Waals surface area contributed by atoms with Crippen molar-refractivity contribution < 1.29 is 34.7 Å². The molecule has 0 spiro atoms. The summed E-state index contributed by atoms with van der Waals surface area (Å²) in [6, 6.07) is 24.5. The number of hydrogen-bond donors (Lipinski definition) is 4. The minimum absolute atomic E-state index is 0.0228. The summed E-state index contributed by atoms with van der Waals surface area (Å²) in [5.74, 6) is -0.0940. The van der Waals surface area contributed by atoms with Crippen molar-refractivity contribution in [2.75, 3.05) is 20.8 Å². The molecule has 268 valence electrons. The van der Waals surface area contributed by atoms with E-state index in [0.29, 0.717) is 30.6 Å². The molecule has 5 aromatic rings. The van der Waals surface area contributed by atoms with Crippen LogP contribution in [0.25, 0.3) is 10.8 Å². The van der Waals surface area contributed by atoms with Crippen LogP contribution in [0.3, 0.4) is 0 Å². The van der Waals surface area contributed by atoms with E-state index in [0.717, 1.165) is 38.6 Å². The Labute approximate surface area is 303 Å². The topological polar surface area (TPSA) is 143 Å². The number of aliphatic hydroxyl groups is 2. The summed E-state index contributed by atoms with van der Waals surface area (Å²) in [6.07, 6.45) is 7.30. The van der Waals surface area contributed by atoms with Crippen molar-refractivity contribution in [3.05, 3.63) is 137 Å². The predicted molar refractivity (Wildman–Crippen MR) is 201 cm³/mol. The van der Waals surface area contributed by atoms with Crippen LogP contribution >= 0.6 is 0 Å². The van der Waals surface area contributed by atoms with E-state index >= 15 is 0 Å². The van der Waals surface area contributed by atoms with E-state index in [1.54, 1.807) is 43.4 Å². The van der Waals surface area contributed by atoms with Crippen LogP contribution in [-0.2, 0) is 30.5 Å². The summed E-state index contributed by atoms with van der Waals surface area (Å²) in [7, 11) is 2.99. The average molecular weight is 701 g/mol. The second-order valence-corrected chi connectivity index (χ2v) is 13.6. The van der Waals surface area contributed by atoms with Gasteiger partial charge in [0.25, 0.3) is 0 Å². The number of benzene rings is 4. The van der Waals surface area contributed by atoms with Gasteiger partial charge in [0.05, 0.1) is 38.4 Å². The Morgan fingerprint density at radius 1 is 0.904 bits per heavy atom. The van der Waals surface area contributed by atoms with Crippen molar-refractivity contribution in [3.8, 4) is 23.0 Å².